The predicted molar refractivity (Wildman–Crippen MR) is 107 cm³/mol. The van der Waals surface area contributed by atoms with Crippen LogP contribution in [0.3, 0.4) is 0 Å². The highest BCUT2D eigenvalue weighted by molar-refractivity contribution is 6.46. The van der Waals surface area contributed by atoms with Crippen molar-refractivity contribution >= 4 is 17.4 Å². The second-order valence-corrected chi connectivity index (χ2v) is 7.12. The highest BCUT2D eigenvalue weighted by Crippen LogP contribution is 2.40. The third kappa shape index (κ3) is 3.33. The van der Waals surface area contributed by atoms with E-state index in [0.29, 0.717) is 11.3 Å². The van der Waals surface area contributed by atoms with E-state index < -0.39 is 17.7 Å². The summed E-state index contributed by atoms with van der Waals surface area (Å²) in [5, 5.41) is 11.1. The molecule has 1 amide bonds. The molecule has 3 heterocycles. The maximum atomic E-state index is 13.0. The summed E-state index contributed by atoms with van der Waals surface area (Å²) in [5.74, 6) is -1.18. The monoisotopic (exact) mass is 388 g/mol. The first-order valence-electron chi connectivity index (χ1n) is 9.25. The van der Waals surface area contributed by atoms with E-state index in [1.165, 1.54) is 11.2 Å². The number of rotatable bonds is 4. The van der Waals surface area contributed by atoms with Gasteiger partial charge < -0.3 is 14.4 Å². The van der Waals surface area contributed by atoms with Gasteiger partial charge in [-0.15, -0.1) is 0 Å². The van der Waals surface area contributed by atoms with Crippen molar-refractivity contribution in [1.29, 1.82) is 0 Å². The molecule has 0 bridgehead atoms. The third-order valence-electron chi connectivity index (χ3n) is 5.08. The number of aliphatic hydroxyl groups is 1. The SMILES string of the molecule is Cc1ccc(C)c(C(O)=C2C(=O)C(=O)N(Cc3cccnc3)C2c2ccco2)c1. The van der Waals surface area contributed by atoms with Crippen molar-refractivity contribution in [3.63, 3.8) is 0 Å². The first kappa shape index (κ1) is 18.7. The van der Waals surface area contributed by atoms with E-state index >= 15 is 0 Å². The largest absolute Gasteiger partial charge is 0.507 e. The first-order valence-corrected chi connectivity index (χ1v) is 9.25. The van der Waals surface area contributed by atoms with Gasteiger partial charge in [-0.2, -0.15) is 0 Å². The molecule has 6 heteroatoms. The average molecular weight is 388 g/mol. The van der Waals surface area contributed by atoms with Crippen LogP contribution >= 0.6 is 0 Å². The van der Waals surface area contributed by atoms with Crippen molar-refractivity contribution in [3.05, 3.63) is 94.7 Å². The molecule has 0 radical (unpaired) electrons. The number of aromatic nitrogens is 1. The molecule has 1 unspecified atom stereocenters. The van der Waals surface area contributed by atoms with Crippen molar-refractivity contribution < 1.29 is 19.1 Å². The zero-order chi connectivity index (χ0) is 20.5. The second kappa shape index (κ2) is 7.39. The van der Waals surface area contributed by atoms with Crippen LogP contribution in [0.25, 0.3) is 5.76 Å². The molecular formula is C23H20N2O4. The van der Waals surface area contributed by atoms with Crippen LogP contribution in [0, 0.1) is 13.8 Å². The number of pyridine rings is 1. The molecule has 1 N–H and O–H groups in total. The lowest BCUT2D eigenvalue weighted by atomic mass is 9.96. The van der Waals surface area contributed by atoms with Crippen LogP contribution < -0.4 is 0 Å². The molecule has 4 rings (SSSR count). The van der Waals surface area contributed by atoms with Crippen molar-refractivity contribution in [2.75, 3.05) is 0 Å². The highest BCUT2D eigenvalue weighted by atomic mass is 16.3. The van der Waals surface area contributed by atoms with Crippen LogP contribution in [-0.2, 0) is 16.1 Å². The van der Waals surface area contributed by atoms with Gasteiger partial charge in [0.2, 0.25) is 0 Å². The molecule has 6 nitrogen and oxygen atoms in total. The number of benzene rings is 1. The lowest BCUT2D eigenvalue weighted by Gasteiger charge is -2.23. The van der Waals surface area contributed by atoms with Gasteiger partial charge >= 0.3 is 0 Å². The molecule has 1 aromatic carbocycles. The van der Waals surface area contributed by atoms with Gasteiger partial charge in [0, 0.05) is 24.5 Å². The number of Topliss-reactive ketones (excluding diaryl/α,β-unsaturated/α-hetero) is 1. The summed E-state index contributed by atoms with van der Waals surface area (Å²) in [6.45, 7) is 3.93. The Balaban J connectivity index is 1.87. The van der Waals surface area contributed by atoms with Crippen LogP contribution in [0.15, 0.2) is 71.1 Å². The second-order valence-electron chi connectivity index (χ2n) is 7.12. The molecule has 0 saturated carbocycles. The molecule has 2 aromatic heterocycles. The van der Waals surface area contributed by atoms with Gasteiger partial charge in [0.05, 0.1) is 11.8 Å². The van der Waals surface area contributed by atoms with Gasteiger partial charge in [-0.3, -0.25) is 14.6 Å². The number of ketones is 1. The molecule has 0 spiro atoms. The predicted octanol–water partition coefficient (Wildman–Crippen LogP) is 3.91. The quantitative estimate of drug-likeness (QED) is 0.416. The Morgan fingerprint density at radius 3 is 2.69 bits per heavy atom. The molecule has 1 fully saturated rings. The molecule has 1 aliphatic rings. The molecule has 146 valence electrons. The Hall–Kier alpha value is -3.67. The Kier molecular flexibility index (Phi) is 4.76. The number of hydrogen-bond acceptors (Lipinski definition) is 5. The molecule has 29 heavy (non-hydrogen) atoms. The van der Waals surface area contributed by atoms with Crippen LogP contribution in [0.2, 0.25) is 0 Å². The van der Waals surface area contributed by atoms with E-state index in [1.807, 2.05) is 32.0 Å². The summed E-state index contributed by atoms with van der Waals surface area (Å²) in [6, 6.07) is 11.8. The van der Waals surface area contributed by atoms with Crippen LogP contribution in [-0.4, -0.2) is 26.7 Å². The summed E-state index contributed by atoms with van der Waals surface area (Å²) in [6.07, 6.45) is 4.77. The number of likely N-dealkylation sites (tertiary alicyclic amines) is 1. The molecule has 3 aromatic rings. The highest BCUT2D eigenvalue weighted by Gasteiger charge is 2.47. The Morgan fingerprint density at radius 1 is 1.17 bits per heavy atom. The fourth-order valence-corrected chi connectivity index (χ4v) is 3.61. The third-order valence-corrected chi connectivity index (χ3v) is 5.08. The number of aryl methyl sites for hydroxylation is 2. The number of hydrogen-bond donors (Lipinski definition) is 1. The van der Waals surface area contributed by atoms with Gasteiger partial charge in [-0.1, -0.05) is 23.8 Å². The summed E-state index contributed by atoms with van der Waals surface area (Å²) in [4.78, 5) is 31.3. The summed E-state index contributed by atoms with van der Waals surface area (Å²) >= 11 is 0. The smallest absolute Gasteiger partial charge is 0.296 e. The topological polar surface area (TPSA) is 83.6 Å². The summed E-state index contributed by atoms with van der Waals surface area (Å²) < 4.78 is 5.55. The van der Waals surface area contributed by atoms with Crippen LogP contribution in [0.5, 0.6) is 0 Å². The van der Waals surface area contributed by atoms with E-state index in [0.717, 1.165) is 16.7 Å². The van der Waals surface area contributed by atoms with Crippen molar-refractivity contribution in [2.45, 2.75) is 26.4 Å². The summed E-state index contributed by atoms with van der Waals surface area (Å²) in [5.41, 5.74) is 3.09. The fourth-order valence-electron chi connectivity index (χ4n) is 3.61. The number of amides is 1. The minimum Gasteiger partial charge on any atom is -0.507 e. The maximum Gasteiger partial charge on any atom is 0.296 e. The number of carbonyl (C=O) groups excluding carboxylic acids is 2. The standard InChI is InChI=1S/C23H20N2O4/c1-14-7-8-15(2)17(11-14)21(26)19-20(18-6-4-10-29-18)25(23(28)22(19)27)13-16-5-3-9-24-12-16/h3-12,20,26H,13H2,1-2H3. The average Bonchev–Trinajstić information content (AvgIpc) is 3.33. The Bertz CT molecular complexity index is 1100. The fraction of sp³-hybridized carbons (Fsp3) is 0.174. The van der Waals surface area contributed by atoms with Crippen molar-refractivity contribution in [2.24, 2.45) is 0 Å². The Morgan fingerprint density at radius 2 is 2.00 bits per heavy atom. The zero-order valence-electron chi connectivity index (χ0n) is 16.1. The number of furan rings is 1. The lowest BCUT2D eigenvalue weighted by Crippen LogP contribution is -2.29. The molecule has 1 aliphatic heterocycles. The normalized spacial score (nSPS) is 18.4. The zero-order valence-corrected chi connectivity index (χ0v) is 16.1. The molecule has 1 saturated heterocycles. The number of carbonyl (C=O) groups is 2. The van der Waals surface area contributed by atoms with E-state index in [1.54, 1.807) is 36.7 Å². The van der Waals surface area contributed by atoms with E-state index in [4.69, 9.17) is 4.42 Å². The van der Waals surface area contributed by atoms with Gasteiger partial charge in [0.15, 0.2) is 0 Å². The van der Waals surface area contributed by atoms with Gasteiger partial charge in [0.25, 0.3) is 11.7 Å². The van der Waals surface area contributed by atoms with E-state index in [2.05, 4.69) is 4.98 Å². The number of aliphatic hydroxyl groups excluding tert-OH is 1. The maximum absolute atomic E-state index is 13.0. The first-order chi connectivity index (χ1) is 14.0. The van der Waals surface area contributed by atoms with E-state index in [-0.39, 0.29) is 17.9 Å². The van der Waals surface area contributed by atoms with Gasteiger partial charge in [-0.05, 0) is 49.2 Å². The summed E-state index contributed by atoms with van der Waals surface area (Å²) in [7, 11) is 0. The molecule has 1 atom stereocenters. The number of nitrogens with zero attached hydrogens (tertiary/aromatic N) is 2. The Labute approximate surface area is 168 Å². The van der Waals surface area contributed by atoms with Crippen LogP contribution in [0.4, 0.5) is 0 Å². The minimum atomic E-state index is -0.815. The minimum absolute atomic E-state index is 0.0301. The van der Waals surface area contributed by atoms with Crippen molar-refractivity contribution in [3.8, 4) is 0 Å². The van der Waals surface area contributed by atoms with Gasteiger partial charge in [0.1, 0.15) is 17.6 Å². The lowest BCUT2D eigenvalue weighted by molar-refractivity contribution is -0.140. The van der Waals surface area contributed by atoms with Crippen molar-refractivity contribution in [1.82, 2.24) is 9.88 Å². The van der Waals surface area contributed by atoms with Gasteiger partial charge in [-0.25, -0.2) is 0 Å². The molecule has 0 aliphatic carbocycles. The van der Waals surface area contributed by atoms with E-state index in [9.17, 15) is 14.7 Å². The van der Waals surface area contributed by atoms with Crippen LogP contribution in [0.1, 0.15) is 34.1 Å². The molecular weight excluding hydrogens is 368 g/mol.